The molecule has 1 aliphatic rings. The van der Waals surface area contributed by atoms with Crippen molar-refractivity contribution in [1.29, 1.82) is 0 Å². The topological polar surface area (TPSA) is 65.0 Å². The molecule has 6 heteroatoms. The van der Waals surface area contributed by atoms with Gasteiger partial charge in [-0.3, -0.25) is 0 Å². The van der Waals surface area contributed by atoms with E-state index in [2.05, 4.69) is 4.74 Å². The minimum Gasteiger partial charge on any atom is -0.467 e. The molecule has 120 valence electrons. The van der Waals surface area contributed by atoms with Gasteiger partial charge in [0.25, 0.3) is 0 Å². The van der Waals surface area contributed by atoms with Crippen LogP contribution in [0.2, 0.25) is 0 Å². The lowest BCUT2D eigenvalue weighted by Gasteiger charge is -2.32. The molecule has 0 saturated carbocycles. The highest BCUT2D eigenvalue weighted by Gasteiger charge is 2.51. The van der Waals surface area contributed by atoms with E-state index in [1.807, 2.05) is 33.8 Å². The molecule has 0 aromatic heterocycles. The van der Waals surface area contributed by atoms with Gasteiger partial charge in [0.15, 0.2) is 5.60 Å². The van der Waals surface area contributed by atoms with Gasteiger partial charge in [-0.2, -0.15) is 0 Å². The molecule has 0 spiro atoms. The molecule has 0 amide bonds. The normalized spacial score (nSPS) is 22.2. The van der Waals surface area contributed by atoms with Crippen molar-refractivity contribution in [1.82, 2.24) is 0 Å². The summed E-state index contributed by atoms with van der Waals surface area (Å²) >= 11 is 0. The third-order valence-corrected chi connectivity index (χ3v) is 4.56. The standard InChI is InChI=1S/C16H23BO5/c1-14(2)15(3,4)22-17(21-14)12-9-7-8-11(10-12)16(5,19)13(18)20-6/h7-10,19H,1-6H3/t16-/m1/s1. The minimum atomic E-state index is -1.71. The Hall–Kier alpha value is -1.37. The van der Waals surface area contributed by atoms with Crippen LogP contribution in [0.3, 0.4) is 0 Å². The van der Waals surface area contributed by atoms with Crippen LogP contribution in [0.5, 0.6) is 0 Å². The fraction of sp³-hybridized carbons (Fsp3) is 0.562. The van der Waals surface area contributed by atoms with Crippen molar-refractivity contribution in [3.8, 4) is 0 Å². The summed E-state index contributed by atoms with van der Waals surface area (Å²) in [6, 6.07) is 6.98. The molecule has 1 heterocycles. The van der Waals surface area contributed by atoms with Crippen LogP contribution in [0.1, 0.15) is 40.2 Å². The van der Waals surface area contributed by atoms with Gasteiger partial charge in [0, 0.05) is 0 Å². The molecular formula is C16H23BO5. The van der Waals surface area contributed by atoms with E-state index in [9.17, 15) is 9.90 Å². The zero-order valence-electron chi connectivity index (χ0n) is 14.0. The molecule has 1 aromatic carbocycles. The quantitative estimate of drug-likeness (QED) is 0.675. The second-order valence-electron chi connectivity index (χ2n) is 6.78. The maximum Gasteiger partial charge on any atom is 0.494 e. The van der Waals surface area contributed by atoms with Crippen molar-refractivity contribution >= 4 is 18.6 Å². The van der Waals surface area contributed by atoms with Crippen LogP contribution in [-0.2, 0) is 24.4 Å². The highest BCUT2D eigenvalue weighted by Crippen LogP contribution is 2.36. The third kappa shape index (κ3) is 2.78. The molecule has 1 saturated heterocycles. The summed E-state index contributed by atoms with van der Waals surface area (Å²) in [7, 11) is 0.702. The maximum atomic E-state index is 11.7. The third-order valence-electron chi connectivity index (χ3n) is 4.56. The maximum absolute atomic E-state index is 11.7. The molecule has 0 aliphatic carbocycles. The van der Waals surface area contributed by atoms with E-state index < -0.39 is 29.9 Å². The fourth-order valence-corrected chi connectivity index (χ4v) is 2.28. The Labute approximate surface area is 131 Å². The van der Waals surface area contributed by atoms with Crippen molar-refractivity contribution in [2.45, 2.75) is 51.4 Å². The Morgan fingerprint density at radius 3 is 2.27 bits per heavy atom. The van der Waals surface area contributed by atoms with E-state index in [0.717, 1.165) is 5.46 Å². The molecule has 0 radical (unpaired) electrons. The summed E-state index contributed by atoms with van der Waals surface area (Å²) in [4.78, 5) is 11.7. The van der Waals surface area contributed by atoms with Crippen molar-refractivity contribution in [3.05, 3.63) is 29.8 Å². The summed E-state index contributed by atoms with van der Waals surface area (Å²) in [5.41, 5.74) is -1.42. The van der Waals surface area contributed by atoms with Gasteiger partial charge in [0.1, 0.15) is 0 Å². The number of rotatable bonds is 3. The molecule has 1 N–H and O–H groups in total. The first kappa shape index (κ1) is 17.0. The van der Waals surface area contributed by atoms with Gasteiger partial charge in [-0.1, -0.05) is 24.3 Å². The first-order valence-electron chi connectivity index (χ1n) is 7.28. The Bertz CT molecular complexity index is 564. The summed E-state index contributed by atoms with van der Waals surface area (Å²) in [6.45, 7) is 9.30. The highest BCUT2D eigenvalue weighted by atomic mass is 16.7. The van der Waals surface area contributed by atoms with Gasteiger partial charge in [0.05, 0.1) is 18.3 Å². The molecule has 1 aromatic rings. The van der Waals surface area contributed by atoms with Crippen LogP contribution in [-0.4, -0.2) is 36.5 Å². The van der Waals surface area contributed by atoms with Crippen LogP contribution >= 0.6 is 0 Å². The van der Waals surface area contributed by atoms with Crippen LogP contribution in [0, 0.1) is 0 Å². The predicted molar refractivity (Wildman–Crippen MR) is 83.7 cm³/mol. The summed E-state index contributed by atoms with van der Waals surface area (Å²) < 4.78 is 16.6. The predicted octanol–water partition coefficient (Wildman–Crippen LogP) is 1.37. The van der Waals surface area contributed by atoms with Gasteiger partial charge >= 0.3 is 13.1 Å². The average molecular weight is 306 g/mol. The Balaban J connectivity index is 2.33. The molecule has 1 aliphatic heterocycles. The van der Waals surface area contributed by atoms with Crippen molar-refractivity contribution in [3.63, 3.8) is 0 Å². The molecule has 0 bridgehead atoms. The number of benzene rings is 1. The van der Waals surface area contributed by atoms with Crippen molar-refractivity contribution in [2.24, 2.45) is 0 Å². The minimum absolute atomic E-state index is 0.437. The van der Waals surface area contributed by atoms with Gasteiger partial charge < -0.3 is 19.2 Å². The lowest BCUT2D eigenvalue weighted by Crippen LogP contribution is -2.41. The molecular weight excluding hydrogens is 283 g/mol. The number of methoxy groups -OCH3 is 1. The van der Waals surface area contributed by atoms with E-state index in [4.69, 9.17) is 9.31 Å². The summed E-state index contributed by atoms with van der Waals surface area (Å²) in [5.74, 6) is -0.710. The number of hydrogen-bond acceptors (Lipinski definition) is 5. The van der Waals surface area contributed by atoms with Crippen molar-refractivity contribution in [2.75, 3.05) is 7.11 Å². The molecule has 2 rings (SSSR count). The average Bonchev–Trinajstić information content (AvgIpc) is 2.66. The van der Waals surface area contributed by atoms with Gasteiger partial charge in [-0.05, 0) is 45.6 Å². The van der Waals surface area contributed by atoms with Gasteiger partial charge in [-0.25, -0.2) is 4.79 Å². The lowest BCUT2D eigenvalue weighted by atomic mass is 9.77. The first-order chi connectivity index (χ1) is 10.0. The zero-order valence-corrected chi connectivity index (χ0v) is 14.0. The summed E-state index contributed by atoms with van der Waals surface area (Å²) in [5, 5.41) is 10.4. The molecule has 0 unspecified atom stereocenters. The number of aliphatic hydroxyl groups is 1. The smallest absolute Gasteiger partial charge is 0.467 e. The van der Waals surface area contributed by atoms with Crippen LogP contribution in [0.15, 0.2) is 24.3 Å². The first-order valence-corrected chi connectivity index (χ1v) is 7.28. The summed E-state index contributed by atoms with van der Waals surface area (Å²) in [6.07, 6.45) is 0. The van der Waals surface area contributed by atoms with E-state index >= 15 is 0 Å². The van der Waals surface area contributed by atoms with Gasteiger partial charge in [0.2, 0.25) is 0 Å². The fourth-order valence-electron chi connectivity index (χ4n) is 2.28. The Kier molecular flexibility index (Phi) is 4.15. The molecule has 1 fully saturated rings. The molecule has 22 heavy (non-hydrogen) atoms. The van der Waals surface area contributed by atoms with E-state index in [1.165, 1.54) is 14.0 Å². The number of carbonyl (C=O) groups is 1. The Morgan fingerprint density at radius 2 is 1.77 bits per heavy atom. The molecule has 5 nitrogen and oxygen atoms in total. The van der Waals surface area contributed by atoms with Crippen LogP contribution < -0.4 is 5.46 Å². The monoisotopic (exact) mass is 306 g/mol. The number of esters is 1. The van der Waals surface area contributed by atoms with Crippen molar-refractivity contribution < 1.29 is 23.9 Å². The SMILES string of the molecule is COC(=O)[C@](C)(O)c1cccc(B2OC(C)(C)C(C)(C)O2)c1. The van der Waals surface area contributed by atoms with Crippen LogP contribution in [0.25, 0.3) is 0 Å². The number of ether oxygens (including phenoxy) is 1. The second kappa shape index (κ2) is 5.37. The second-order valence-corrected chi connectivity index (χ2v) is 6.78. The van der Waals surface area contributed by atoms with E-state index in [-0.39, 0.29) is 0 Å². The van der Waals surface area contributed by atoms with Crippen LogP contribution in [0.4, 0.5) is 0 Å². The number of carbonyl (C=O) groups excluding carboxylic acids is 1. The van der Waals surface area contributed by atoms with E-state index in [1.54, 1.807) is 18.2 Å². The van der Waals surface area contributed by atoms with E-state index in [0.29, 0.717) is 5.56 Å². The number of hydrogen-bond donors (Lipinski definition) is 1. The lowest BCUT2D eigenvalue weighted by molar-refractivity contribution is -0.161. The zero-order chi connectivity index (χ0) is 16.8. The largest absolute Gasteiger partial charge is 0.494 e. The highest BCUT2D eigenvalue weighted by molar-refractivity contribution is 6.62. The van der Waals surface area contributed by atoms with Gasteiger partial charge in [-0.15, -0.1) is 0 Å². The molecule has 1 atom stereocenters. The Morgan fingerprint density at radius 1 is 1.23 bits per heavy atom.